The van der Waals surface area contributed by atoms with Crippen LogP contribution in [0.2, 0.25) is 0 Å². The molecule has 1 unspecified atom stereocenters. The van der Waals surface area contributed by atoms with Gasteiger partial charge >= 0.3 is 0 Å². The van der Waals surface area contributed by atoms with Crippen molar-refractivity contribution in [1.29, 1.82) is 0 Å². The first-order valence-corrected chi connectivity index (χ1v) is 5.92. The lowest BCUT2D eigenvalue weighted by Crippen LogP contribution is -2.17. The lowest BCUT2D eigenvalue weighted by Gasteiger charge is -2.10. The van der Waals surface area contributed by atoms with Crippen LogP contribution in [-0.2, 0) is 6.42 Å². The van der Waals surface area contributed by atoms with Crippen LogP contribution >= 0.6 is 0 Å². The summed E-state index contributed by atoms with van der Waals surface area (Å²) in [5.41, 5.74) is 6.70. The van der Waals surface area contributed by atoms with Gasteiger partial charge in [-0.1, -0.05) is 24.3 Å². The Hall–Kier alpha value is -1.87. The Balaban J connectivity index is 2.21. The SMILES string of the molecule is CC(N)Cc1ccc(F)c(Oc2ccccc2)c1. The Kier molecular flexibility index (Phi) is 3.95. The highest BCUT2D eigenvalue weighted by molar-refractivity contribution is 5.35. The molecule has 94 valence electrons. The van der Waals surface area contributed by atoms with Crippen molar-refractivity contribution < 1.29 is 9.13 Å². The zero-order valence-corrected chi connectivity index (χ0v) is 10.3. The normalized spacial score (nSPS) is 12.2. The van der Waals surface area contributed by atoms with Crippen molar-refractivity contribution in [2.75, 3.05) is 0 Å². The van der Waals surface area contributed by atoms with Gasteiger partial charge in [0.05, 0.1) is 0 Å². The van der Waals surface area contributed by atoms with Gasteiger partial charge in [-0.25, -0.2) is 4.39 Å². The van der Waals surface area contributed by atoms with E-state index in [1.165, 1.54) is 6.07 Å². The lowest BCUT2D eigenvalue weighted by atomic mass is 10.1. The fourth-order valence-corrected chi connectivity index (χ4v) is 1.74. The number of benzene rings is 2. The molecule has 0 aromatic heterocycles. The Bertz CT molecular complexity index is 511. The molecule has 2 N–H and O–H groups in total. The summed E-state index contributed by atoms with van der Waals surface area (Å²) < 4.78 is 19.2. The third-order valence-corrected chi connectivity index (χ3v) is 2.52. The van der Waals surface area contributed by atoms with E-state index in [9.17, 15) is 4.39 Å². The minimum atomic E-state index is -0.368. The van der Waals surface area contributed by atoms with Crippen LogP contribution in [0.25, 0.3) is 0 Å². The number of para-hydroxylation sites is 1. The summed E-state index contributed by atoms with van der Waals surface area (Å²) in [6.45, 7) is 1.92. The van der Waals surface area contributed by atoms with Crippen LogP contribution in [0.3, 0.4) is 0 Å². The van der Waals surface area contributed by atoms with Gasteiger partial charge in [0.1, 0.15) is 5.75 Å². The maximum Gasteiger partial charge on any atom is 0.165 e. The molecule has 0 heterocycles. The molecule has 0 spiro atoms. The molecule has 0 aliphatic carbocycles. The molecule has 0 aliphatic rings. The van der Waals surface area contributed by atoms with Crippen molar-refractivity contribution in [2.45, 2.75) is 19.4 Å². The van der Waals surface area contributed by atoms with E-state index < -0.39 is 0 Å². The second-order valence-corrected chi connectivity index (χ2v) is 4.36. The minimum Gasteiger partial charge on any atom is -0.454 e. The van der Waals surface area contributed by atoms with Crippen molar-refractivity contribution in [3.8, 4) is 11.5 Å². The van der Waals surface area contributed by atoms with Crippen molar-refractivity contribution in [1.82, 2.24) is 0 Å². The Morgan fingerprint density at radius 3 is 2.56 bits per heavy atom. The van der Waals surface area contributed by atoms with Gasteiger partial charge in [-0.05, 0) is 43.2 Å². The molecule has 2 nitrogen and oxygen atoms in total. The van der Waals surface area contributed by atoms with Crippen LogP contribution in [0.1, 0.15) is 12.5 Å². The van der Waals surface area contributed by atoms with Crippen molar-refractivity contribution in [3.63, 3.8) is 0 Å². The minimum absolute atomic E-state index is 0.0417. The fraction of sp³-hybridized carbons (Fsp3) is 0.200. The van der Waals surface area contributed by atoms with E-state index >= 15 is 0 Å². The van der Waals surface area contributed by atoms with Gasteiger partial charge in [0.2, 0.25) is 0 Å². The molecule has 3 heteroatoms. The standard InChI is InChI=1S/C15H16FNO/c1-11(17)9-12-7-8-14(16)15(10-12)18-13-5-3-2-4-6-13/h2-8,10-11H,9,17H2,1H3. The maximum atomic E-state index is 13.6. The summed E-state index contributed by atoms with van der Waals surface area (Å²) in [5, 5.41) is 0. The van der Waals surface area contributed by atoms with Gasteiger partial charge < -0.3 is 10.5 Å². The zero-order valence-electron chi connectivity index (χ0n) is 10.3. The van der Waals surface area contributed by atoms with Gasteiger partial charge in [0, 0.05) is 6.04 Å². The van der Waals surface area contributed by atoms with E-state index in [1.54, 1.807) is 24.3 Å². The number of ether oxygens (including phenoxy) is 1. The van der Waals surface area contributed by atoms with Gasteiger partial charge in [-0.2, -0.15) is 0 Å². The molecule has 0 aliphatic heterocycles. The Labute approximate surface area is 106 Å². The van der Waals surface area contributed by atoms with Crippen molar-refractivity contribution in [2.24, 2.45) is 5.73 Å². The number of rotatable bonds is 4. The average Bonchev–Trinajstić information content (AvgIpc) is 2.34. The third kappa shape index (κ3) is 3.31. The van der Waals surface area contributed by atoms with E-state index in [1.807, 2.05) is 25.1 Å². The molecule has 0 saturated carbocycles. The van der Waals surface area contributed by atoms with Gasteiger partial charge in [0.25, 0.3) is 0 Å². The van der Waals surface area contributed by atoms with Crippen LogP contribution in [0, 0.1) is 5.82 Å². The number of hydrogen-bond acceptors (Lipinski definition) is 2. The van der Waals surface area contributed by atoms with Crippen LogP contribution in [-0.4, -0.2) is 6.04 Å². The predicted octanol–water partition coefficient (Wildman–Crippen LogP) is 3.51. The molecular weight excluding hydrogens is 229 g/mol. The smallest absolute Gasteiger partial charge is 0.165 e. The molecule has 0 radical (unpaired) electrons. The second-order valence-electron chi connectivity index (χ2n) is 4.36. The Morgan fingerprint density at radius 1 is 1.17 bits per heavy atom. The van der Waals surface area contributed by atoms with Crippen LogP contribution in [0.15, 0.2) is 48.5 Å². The highest BCUT2D eigenvalue weighted by atomic mass is 19.1. The molecule has 18 heavy (non-hydrogen) atoms. The molecule has 0 fully saturated rings. The van der Waals surface area contributed by atoms with Crippen LogP contribution in [0.4, 0.5) is 4.39 Å². The molecule has 0 bridgehead atoms. The lowest BCUT2D eigenvalue weighted by molar-refractivity contribution is 0.441. The second kappa shape index (κ2) is 5.65. The topological polar surface area (TPSA) is 35.2 Å². The molecular formula is C15H16FNO. The summed E-state index contributed by atoms with van der Waals surface area (Å²) in [6, 6.07) is 14.0. The number of hydrogen-bond donors (Lipinski definition) is 1. The number of halogens is 1. The van der Waals surface area contributed by atoms with Gasteiger partial charge in [-0.3, -0.25) is 0 Å². The molecule has 0 amide bonds. The summed E-state index contributed by atoms with van der Waals surface area (Å²) >= 11 is 0. The van der Waals surface area contributed by atoms with E-state index in [0.29, 0.717) is 12.2 Å². The fourth-order valence-electron chi connectivity index (χ4n) is 1.74. The van der Waals surface area contributed by atoms with E-state index in [-0.39, 0.29) is 17.6 Å². The maximum absolute atomic E-state index is 13.6. The predicted molar refractivity (Wildman–Crippen MR) is 70.3 cm³/mol. The van der Waals surface area contributed by atoms with Gasteiger partial charge in [0.15, 0.2) is 11.6 Å². The summed E-state index contributed by atoms with van der Waals surface area (Å²) in [5.74, 6) is 0.487. The van der Waals surface area contributed by atoms with Crippen LogP contribution in [0.5, 0.6) is 11.5 Å². The molecule has 0 saturated heterocycles. The first-order chi connectivity index (χ1) is 8.65. The molecule has 2 rings (SSSR count). The largest absolute Gasteiger partial charge is 0.454 e. The summed E-state index contributed by atoms with van der Waals surface area (Å²) in [4.78, 5) is 0. The highest BCUT2D eigenvalue weighted by Gasteiger charge is 2.07. The summed E-state index contributed by atoms with van der Waals surface area (Å²) in [6.07, 6.45) is 0.700. The molecule has 2 aromatic carbocycles. The monoisotopic (exact) mass is 245 g/mol. The summed E-state index contributed by atoms with van der Waals surface area (Å²) in [7, 11) is 0. The van der Waals surface area contributed by atoms with E-state index in [0.717, 1.165) is 5.56 Å². The molecule has 2 aromatic rings. The molecule has 1 atom stereocenters. The Morgan fingerprint density at radius 2 is 1.89 bits per heavy atom. The van der Waals surface area contributed by atoms with Crippen molar-refractivity contribution in [3.05, 3.63) is 59.9 Å². The zero-order chi connectivity index (χ0) is 13.0. The van der Waals surface area contributed by atoms with E-state index in [2.05, 4.69) is 0 Å². The quantitative estimate of drug-likeness (QED) is 0.894. The first kappa shape index (κ1) is 12.6. The first-order valence-electron chi connectivity index (χ1n) is 5.92. The van der Waals surface area contributed by atoms with Crippen LogP contribution < -0.4 is 10.5 Å². The van der Waals surface area contributed by atoms with Crippen molar-refractivity contribution >= 4 is 0 Å². The highest BCUT2D eigenvalue weighted by Crippen LogP contribution is 2.25. The number of nitrogens with two attached hydrogens (primary N) is 1. The average molecular weight is 245 g/mol. The van der Waals surface area contributed by atoms with Gasteiger partial charge in [-0.15, -0.1) is 0 Å². The third-order valence-electron chi connectivity index (χ3n) is 2.52. The van der Waals surface area contributed by atoms with E-state index in [4.69, 9.17) is 10.5 Å².